The standard InChI is InChI=1S/C52H93IN8O18/c1-38(62)48(49(54)70)60-50(71)39(61-53)20-18-19-27-55-45(66)36-78-34-33-77-31-29-57-46(67)37-79-35-32-76-30-28-56-42(63)25-23-40(51(72)73)59-44(65)26-24-41(52(74)75)58-43(64)21-16-14-12-10-8-6-4-2-3-5-7-9-11-13-15-17-22-47(68)69/h38-41,48,61-62H,2-37H2,1H3,(H2,54,70)(H,55,66)(H,56,63)(H,57,67)(H,58,64)(H,59,65)(H,60,71)(H,68,69)(H,72,73)(H,74,75)/t38-,39+,40+,41+,48+/m1/s1. The second kappa shape index (κ2) is 50.2. The maximum absolute atomic E-state index is 12.6. The van der Waals surface area contributed by atoms with E-state index in [9.17, 15) is 63.3 Å². The summed E-state index contributed by atoms with van der Waals surface area (Å²) in [6.45, 7) is 2.47. The minimum atomic E-state index is -1.40. The number of hydrogen-bond donors (Lipinski definition) is 12. The topological polar surface area (TPSA) is 399 Å². The minimum Gasteiger partial charge on any atom is -0.481 e. The fourth-order valence-electron chi connectivity index (χ4n) is 7.74. The molecule has 5 atom stereocenters. The molecule has 26 nitrogen and oxygen atoms in total. The van der Waals surface area contributed by atoms with E-state index in [1.54, 1.807) is 0 Å². The molecule has 79 heavy (non-hydrogen) atoms. The number of amides is 7. The Hall–Kier alpha value is -4.81. The zero-order chi connectivity index (χ0) is 58.9. The smallest absolute Gasteiger partial charge is 0.326 e. The van der Waals surface area contributed by atoms with Gasteiger partial charge in [0, 0.05) is 68.2 Å². The monoisotopic (exact) mass is 1240 g/mol. The molecule has 0 unspecified atom stereocenters. The number of halogens is 1. The van der Waals surface area contributed by atoms with E-state index in [-0.39, 0.29) is 116 Å². The van der Waals surface area contributed by atoms with Gasteiger partial charge in [0.1, 0.15) is 31.3 Å². The number of nitrogens with one attached hydrogen (secondary N) is 7. The Balaban J connectivity index is 3.94. The second-order valence-corrected chi connectivity index (χ2v) is 19.8. The third-order valence-corrected chi connectivity index (χ3v) is 13.0. The van der Waals surface area contributed by atoms with Crippen molar-refractivity contribution in [3.05, 3.63) is 0 Å². The van der Waals surface area contributed by atoms with E-state index in [4.69, 9.17) is 29.8 Å². The van der Waals surface area contributed by atoms with E-state index in [0.717, 1.165) is 44.9 Å². The number of hydrogen-bond acceptors (Lipinski definition) is 16. The molecular formula is C52H93IN8O18. The van der Waals surface area contributed by atoms with Gasteiger partial charge < -0.3 is 77.0 Å². The van der Waals surface area contributed by atoms with Crippen LogP contribution in [0.3, 0.4) is 0 Å². The first kappa shape index (κ1) is 74.2. The quantitative estimate of drug-likeness (QED) is 0.0235. The predicted octanol–water partition coefficient (Wildman–Crippen LogP) is 2.04. The molecule has 0 heterocycles. The largest absolute Gasteiger partial charge is 0.481 e. The van der Waals surface area contributed by atoms with E-state index < -0.39 is 77.7 Å². The Morgan fingerprint density at radius 1 is 0.430 bits per heavy atom. The first-order valence-corrected chi connectivity index (χ1v) is 29.0. The summed E-state index contributed by atoms with van der Waals surface area (Å²) in [5.41, 5.74) is 5.22. The number of aliphatic hydroxyl groups excluding tert-OH is 1. The normalized spacial score (nSPS) is 13.0. The molecule has 456 valence electrons. The number of ether oxygens (including phenoxy) is 4. The van der Waals surface area contributed by atoms with Gasteiger partial charge in [0.2, 0.25) is 41.4 Å². The molecule has 0 spiro atoms. The van der Waals surface area contributed by atoms with Crippen molar-refractivity contribution in [1.29, 1.82) is 0 Å². The zero-order valence-corrected chi connectivity index (χ0v) is 48.5. The summed E-state index contributed by atoms with van der Waals surface area (Å²) in [6.07, 6.45) is 17.0. The van der Waals surface area contributed by atoms with Gasteiger partial charge in [-0.1, -0.05) is 89.9 Å². The number of nitrogens with two attached hydrogens (primary N) is 1. The Morgan fingerprint density at radius 3 is 1.24 bits per heavy atom. The average Bonchev–Trinajstić information content (AvgIpc) is 3.39. The number of carboxylic acid groups (broad SMARTS) is 3. The number of rotatable bonds is 55. The lowest BCUT2D eigenvalue weighted by molar-refractivity contribution is -0.143. The molecule has 0 aromatic carbocycles. The van der Waals surface area contributed by atoms with E-state index in [0.29, 0.717) is 32.2 Å². The van der Waals surface area contributed by atoms with Crippen LogP contribution >= 0.6 is 22.9 Å². The van der Waals surface area contributed by atoms with Crippen molar-refractivity contribution in [2.24, 2.45) is 5.73 Å². The van der Waals surface area contributed by atoms with E-state index in [1.807, 2.05) is 22.9 Å². The number of primary amides is 1. The van der Waals surface area contributed by atoms with Gasteiger partial charge in [0.15, 0.2) is 0 Å². The number of carbonyl (C=O) groups excluding carboxylic acids is 7. The third-order valence-electron chi connectivity index (χ3n) is 12.3. The molecule has 13 N–H and O–H groups in total. The molecule has 0 radical (unpaired) electrons. The van der Waals surface area contributed by atoms with Crippen molar-refractivity contribution in [2.45, 2.75) is 198 Å². The summed E-state index contributed by atoms with van der Waals surface area (Å²) in [7, 11) is 0. The Bertz CT molecular complexity index is 1750. The number of carboxylic acids is 3. The van der Waals surface area contributed by atoms with Crippen LogP contribution in [0.25, 0.3) is 0 Å². The van der Waals surface area contributed by atoms with Crippen LogP contribution in [-0.4, -0.2) is 182 Å². The van der Waals surface area contributed by atoms with Gasteiger partial charge in [-0.05, 0) is 51.9 Å². The van der Waals surface area contributed by atoms with Crippen LogP contribution in [-0.2, 0) is 66.9 Å². The lowest BCUT2D eigenvalue weighted by Crippen LogP contribution is -2.54. The number of carbonyl (C=O) groups is 10. The van der Waals surface area contributed by atoms with Crippen molar-refractivity contribution >= 4 is 82.1 Å². The van der Waals surface area contributed by atoms with Crippen LogP contribution in [0.4, 0.5) is 0 Å². The van der Waals surface area contributed by atoms with Crippen LogP contribution in [0.15, 0.2) is 0 Å². The maximum Gasteiger partial charge on any atom is 0.326 e. The minimum absolute atomic E-state index is 0.0930. The van der Waals surface area contributed by atoms with Gasteiger partial charge in [-0.2, -0.15) is 0 Å². The lowest BCUT2D eigenvalue weighted by Gasteiger charge is -2.21. The van der Waals surface area contributed by atoms with Crippen molar-refractivity contribution < 1.29 is 87.3 Å². The number of unbranched alkanes of at least 4 members (excludes halogenated alkanes) is 16. The molecule has 0 aliphatic carbocycles. The van der Waals surface area contributed by atoms with Gasteiger partial charge >= 0.3 is 17.9 Å². The van der Waals surface area contributed by atoms with Crippen molar-refractivity contribution in [1.82, 2.24) is 35.4 Å². The first-order valence-electron chi connectivity index (χ1n) is 27.9. The molecular weight excluding hydrogens is 1150 g/mol. The highest BCUT2D eigenvalue weighted by atomic mass is 127. The van der Waals surface area contributed by atoms with Gasteiger partial charge in [-0.3, -0.25) is 38.4 Å². The summed E-state index contributed by atoms with van der Waals surface area (Å²) < 4.78 is 24.1. The summed E-state index contributed by atoms with van der Waals surface area (Å²) in [5, 5.41) is 52.6. The fraction of sp³-hybridized carbons (Fsp3) is 0.808. The highest BCUT2D eigenvalue weighted by Gasteiger charge is 2.27. The first-order chi connectivity index (χ1) is 37.9. The molecule has 0 aliphatic rings. The molecule has 27 heteroatoms. The molecule has 0 saturated heterocycles. The molecule has 0 fully saturated rings. The highest BCUT2D eigenvalue weighted by Crippen LogP contribution is 2.15. The molecule has 0 aromatic rings. The Labute approximate surface area is 478 Å². The third kappa shape index (κ3) is 45.6. The molecule has 0 aromatic heterocycles. The van der Waals surface area contributed by atoms with Gasteiger partial charge in [0.05, 0.1) is 51.8 Å². The van der Waals surface area contributed by atoms with Gasteiger partial charge in [0.25, 0.3) is 0 Å². The summed E-state index contributed by atoms with van der Waals surface area (Å²) in [6, 6.07) is -4.55. The van der Waals surface area contributed by atoms with Crippen molar-refractivity contribution in [3.63, 3.8) is 0 Å². The van der Waals surface area contributed by atoms with Crippen molar-refractivity contribution in [3.8, 4) is 0 Å². The molecule has 0 aliphatic heterocycles. The SMILES string of the molecule is C[C@@H](O)[C@H](NC(=O)[C@H](CCCCNC(=O)COCCOCCNC(=O)COCCOCCNC(=O)CC[C@H](NC(=O)CC[C@H](NC(=O)CCCCCCCCCCCCCCCCCCC(=O)O)C(=O)O)C(=O)O)NI)C(N)=O. The Morgan fingerprint density at radius 2 is 0.823 bits per heavy atom. The maximum atomic E-state index is 12.6. The number of aliphatic carboxylic acids is 3. The van der Waals surface area contributed by atoms with Crippen LogP contribution in [0.5, 0.6) is 0 Å². The summed E-state index contributed by atoms with van der Waals surface area (Å²) >= 11 is 1.82. The fourth-order valence-corrected chi connectivity index (χ4v) is 8.33. The molecule has 7 amide bonds. The average molecular weight is 1250 g/mol. The van der Waals surface area contributed by atoms with E-state index >= 15 is 0 Å². The van der Waals surface area contributed by atoms with Gasteiger partial charge in [-0.25, -0.2) is 13.1 Å². The summed E-state index contributed by atoms with van der Waals surface area (Å²) in [5.74, 6) is -7.08. The van der Waals surface area contributed by atoms with Crippen LogP contribution < -0.4 is 41.2 Å². The zero-order valence-electron chi connectivity index (χ0n) is 46.3. The highest BCUT2D eigenvalue weighted by molar-refractivity contribution is 14.1. The lowest BCUT2D eigenvalue weighted by atomic mass is 10.0. The molecule has 0 saturated carbocycles. The van der Waals surface area contributed by atoms with Crippen LogP contribution in [0, 0.1) is 0 Å². The van der Waals surface area contributed by atoms with Crippen LogP contribution in [0.2, 0.25) is 0 Å². The van der Waals surface area contributed by atoms with Gasteiger partial charge in [-0.15, -0.1) is 0 Å². The van der Waals surface area contributed by atoms with E-state index in [2.05, 4.69) is 35.4 Å². The molecule has 0 rings (SSSR count). The molecule has 0 bridgehead atoms. The number of aliphatic hydroxyl groups is 1. The van der Waals surface area contributed by atoms with E-state index in [1.165, 1.54) is 58.3 Å². The predicted molar refractivity (Wildman–Crippen MR) is 298 cm³/mol. The second-order valence-electron chi connectivity index (χ2n) is 19.2. The summed E-state index contributed by atoms with van der Waals surface area (Å²) in [4.78, 5) is 119. The Kier molecular flexibility index (Phi) is 47.1. The van der Waals surface area contributed by atoms with Crippen LogP contribution in [0.1, 0.15) is 167 Å². The van der Waals surface area contributed by atoms with Crippen molar-refractivity contribution in [2.75, 3.05) is 72.5 Å².